The van der Waals surface area contributed by atoms with Gasteiger partial charge >= 0.3 is 11.9 Å². The molecule has 0 aliphatic carbocycles. The van der Waals surface area contributed by atoms with Crippen LogP contribution in [-0.2, 0) is 15.1 Å². The van der Waals surface area contributed by atoms with Crippen LogP contribution in [0, 0.1) is 0 Å². The van der Waals surface area contributed by atoms with Gasteiger partial charge in [-0.1, -0.05) is 29.3 Å². The van der Waals surface area contributed by atoms with Gasteiger partial charge in [-0.2, -0.15) is 8.78 Å². The first kappa shape index (κ1) is 16.1. The van der Waals surface area contributed by atoms with E-state index in [1.165, 1.54) is 19.1 Å². The van der Waals surface area contributed by atoms with Crippen LogP contribution < -0.4 is 0 Å². The Morgan fingerprint density at radius 3 is 2.42 bits per heavy atom. The van der Waals surface area contributed by atoms with Crippen LogP contribution in [-0.4, -0.2) is 23.6 Å². The molecule has 0 heterocycles. The van der Waals surface area contributed by atoms with Gasteiger partial charge in [-0.15, -0.1) is 0 Å². The minimum atomic E-state index is -4.11. The molecule has 0 bridgehead atoms. The summed E-state index contributed by atoms with van der Waals surface area (Å²) in [5.74, 6) is -5.91. The summed E-state index contributed by atoms with van der Waals surface area (Å²) in [6.07, 6.45) is 0. The molecule has 1 N–H and O–H groups in total. The zero-order valence-corrected chi connectivity index (χ0v) is 11.7. The van der Waals surface area contributed by atoms with Crippen molar-refractivity contribution >= 4 is 29.2 Å². The Kier molecular flexibility index (Phi) is 4.76. The summed E-state index contributed by atoms with van der Waals surface area (Å²) < 4.78 is 32.1. The molecule has 19 heavy (non-hydrogen) atoms. The smallest absolute Gasteiger partial charge is 0.380 e. The summed E-state index contributed by atoms with van der Waals surface area (Å²) in [5.41, 5.74) is -2.99. The number of alkyl halides is 2. The van der Waals surface area contributed by atoms with Crippen LogP contribution in [0.25, 0.3) is 0 Å². The standard InChI is InChI=1S/C12H12Cl2F2O3/c1-3-19-10(17)12(15,16)11(2,18)7-4-5-8(13)9(14)6-7/h4-6,18H,3H2,1-2H3. The normalized spacial score (nSPS) is 14.9. The third-order valence-electron chi connectivity index (χ3n) is 2.62. The van der Waals surface area contributed by atoms with Gasteiger partial charge in [-0.3, -0.25) is 0 Å². The maximum absolute atomic E-state index is 13.9. The van der Waals surface area contributed by atoms with Gasteiger partial charge in [0.15, 0.2) is 5.60 Å². The lowest BCUT2D eigenvalue weighted by Gasteiger charge is -2.31. The molecule has 0 amide bonds. The van der Waals surface area contributed by atoms with E-state index in [-0.39, 0.29) is 22.2 Å². The topological polar surface area (TPSA) is 46.5 Å². The monoisotopic (exact) mass is 312 g/mol. The zero-order chi connectivity index (χ0) is 14.8. The molecule has 1 rings (SSSR count). The van der Waals surface area contributed by atoms with E-state index in [0.29, 0.717) is 0 Å². The SMILES string of the molecule is CCOC(=O)C(F)(F)C(C)(O)c1ccc(Cl)c(Cl)c1. The lowest BCUT2D eigenvalue weighted by molar-refractivity contribution is -0.212. The third kappa shape index (κ3) is 2.99. The van der Waals surface area contributed by atoms with E-state index in [9.17, 15) is 18.7 Å². The zero-order valence-electron chi connectivity index (χ0n) is 10.2. The van der Waals surface area contributed by atoms with Crippen molar-refractivity contribution in [3.05, 3.63) is 33.8 Å². The van der Waals surface area contributed by atoms with Crippen molar-refractivity contribution in [2.24, 2.45) is 0 Å². The molecule has 106 valence electrons. The molecule has 0 aromatic heterocycles. The van der Waals surface area contributed by atoms with Crippen molar-refractivity contribution in [2.45, 2.75) is 25.4 Å². The van der Waals surface area contributed by atoms with E-state index in [2.05, 4.69) is 4.74 Å². The van der Waals surface area contributed by atoms with E-state index in [1.54, 1.807) is 0 Å². The quantitative estimate of drug-likeness (QED) is 0.867. The second-order valence-electron chi connectivity index (χ2n) is 4.00. The minimum absolute atomic E-state index is 0.000833. The lowest BCUT2D eigenvalue weighted by atomic mass is 9.89. The first-order chi connectivity index (χ1) is 8.64. The average Bonchev–Trinajstić information content (AvgIpc) is 2.32. The first-order valence-corrected chi connectivity index (χ1v) is 6.13. The number of rotatable bonds is 4. The van der Waals surface area contributed by atoms with E-state index in [1.807, 2.05) is 0 Å². The van der Waals surface area contributed by atoms with Crippen molar-refractivity contribution in [3.63, 3.8) is 0 Å². The molecule has 0 fully saturated rings. The maximum atomic E-state index is 13.9. The summed E-state index contributed by atoms with van der Waals surface area (Å²) in [6.45, 7) is 1.98. The van der Waals surface area contributed by atoms with E-state index >= 15 is 0 Å². The number of aliphatic hydroxyl groups is 1. The van der Waals surface area contributed by atoms with Crippen LogP contribution in [0.3, 0.4) is 0 Å². The molecule has 1 aromatic carbocycles. The predicted molar refractivity (Wildman–Crippen MR) is 67.6 cm³/mol. The number of carbonyl (C=O) groups excluding carboxylic acids is 1. The molecule has 0 aliphatic rings. The molecule has 0 spiro atoms. The van der Waals surface area contributed by atoms with Crippen LogP contribution in [0.5, 0.6) is 0 Å². The highest BCUT2D eigenvalue weighted by Crippen LogP contribution is 2.40. The van der Waals surface area contributed by atoms with Gasteiger partial charge in [0.1, 0.15) is 0 Å². The second-order valence-corrected chi connectivity index (χ2v) is 4.81. The molecule has 7 heteroatoms. The Bertz CT molecular complexity index is 490. The van der Waals surface area contributed by atoms with E-state index < -0.39 is 17.5 Å². The van der Waals surface area contributed by atoms with Crippen molar-refractivity contribution in [2.75, 3.05) is 6.61 Å². The van der Waals surface area contributed by atoms with Crippen LogP contribution in [0.2, 0.25) is 10.0 Å². The minimum Gasteiger partial charge on any atom is -0.461 e. The fourth-order valence-electron chi connectivity index (χ4n) is 1.40. The highest BCUT2D eigenvalue weighted by molar-refractivity contribution is 6.42. The molecule has 1 atom stereocenters. The van der Waals surface area contributed by atoms with Gasteiger partial charge in [0.25, 0.3) is 0 Å². The number of halogens is 4. The summed E-state index contributed by atoms with van der Waals surface area (Å²) in [6, 6.07) is 3.51. The Hall–Kier alpha value is -0.910. The van der Waals surface area contributed by atoms with Crippen molar-refractivity contribution < 1.29 is 23.4 Å². The molecule has 0 saturated carbocycles. The summed E-state index contributed by atoms with van der Waals surface area (Å²) >= 11 is 11.4. The molecular formula is C12H12Cl2F2O3. The fourth-order valence-corrected chi connectivity index (χ4v) is 1.70. The van der Waals surface area contributed by atoms with Crippen LogP contribution in [0.4, 0.5) is 8.78 Å². The number of benzene rings is 1. The summed E-state index contributed by atoms with van der Waals surface area (Å²) in [4.78, 5) is 11.2. The van der Waals surface area contributed by atoms with Crippen LogP contribution in [0.15, 0.2) is 18.2 Å². The van der Waals surface area contributed by atoms with Crippen LogP contribution >= 0.6 is 23.2 Å². The van der Waals surface area contributed by atoms with Gasteiger partial charge in [0, 0.05) is 0 Å². The third-order valence-corrected chi connectivity index (χ3v) is 3.36. The molecular weight excluding hydrogens is 301 g/mol. The van der Waals surface area contributed by atoms with Crippen LogP contribution in [0.1, 0.15) is 19.4 Å². The molecule has 3 nitrogen and oxygen atoms in total. The Morgan fingerprint density at radius 1 is 1.37 bits per heavy atom. The first-order valence-electron chi connectivity index (χ1n) is 5.37. The van der Waals surface area contributed by atoms with E-state index in [0.717, 1.165) is 13.0 Å². The lowest BCUT2D eigenvalue weighted by Crippen LogP contribution is -2.49. The van der Waals surface area contributed by atoms with Gasteiger partial charge in [0.05, 0.1) is 16.7 Å². The average molecular weight is 313 g/mol. The van der Waals surface area contributed by atoms with Crippen molar-refractivity contribution in [1.29, 1.82) is 0 Å². The largest absolute Gasteiger partial charge is 0.461 e. The summed E-state index contributed by atoms with van der Waals surface area (Å²) in [5, 5.41) is 10.1. The molecule has 1 aromatic rings. The molecule has 0 saturated heterocycles. The number of hydrogen-bond donors (Lipinski definition) is 1. The number of esters is 1. The number of ether oxygens (including phenoxy) is 1. The molecule has 0 radical (unpaired) electrons. The fraction of sp³-hybridized carbons (Fsp3) is 0.417. The molecule has 1 unspecified atom stereocenters. The number of hydrogen-bond acceptors (Lipinski definition) is 3. The number of carbonyl (C=O) groups is 1. The van der Waals surface area contributed by atoms with Gasteiger partial charge in [-0.05, 0) is 31.5 Å². The van der Waals surface area contributed by atoms with Crippen molar-refractivity contribution in [1.82, 2.24) is 0 Å². The van der Waals surface area contributed by atoms with Crippen molar-refractivity contribution in [3.8, 4) is 0 Å². The Labute approximate surface area is 119 Å². The summed E-state index contributed by atoms with van der Waals surface area (Å²) in [7, 11) is 0. The Balaban J connectivity index is 3.21. The highest BCUT2D eigenvalue weighted by Gasteiger charge is 2.57. The predicted octanol–water partition coefficient (Wildman–Crippen LogP) is 3.40. The van der Waals surface area contributed by atoms with Gasteiger partial charge in [0.2, 0.25) is 0 Å². The highest BCUT2D eigenvalue weighted by atomic mass is 35.5. The maximum Gasteiger partial charge on any atom is 0.380 e. The second kappa shape index (κ2) is 5.61. The van der Waals surface area contributed by atoms with Gasteiger partial charge < -0.3 is 9.84 Å². The van der Waals surface area contributed by atoms with E-state index in [4.69, 9.17) is 23.2 Å². The Morgan fingerprint density at radius 2 is 1.95 bits per heavy atom. The molecule has 0 aliphatic heterocycles. The van der Waals surface area contributed by atoms with Gasteiger partial charge in [-0.25, -0.2) is 4.79 Å².